The standard InChI is InChI=1S/C14H22N2OS/c1-3-16(13-9-6-5-7-10-13)14(18)15-11-8-12-17-4-2/h5-7,9-10H,3-4,8,11-12H2,1-2H3,(H,15,18). The Hall–Kier alpha value is -1.13. The first kappa shape index (κ1) is 14.9. The van der Waals surface area contributed by atoms with Crippen molar-refractivity contribution in [1.29, 1.82) is 0 Å². The summed E-state index contributed by atoms with van der Waals surface area (Å²) >= 11 is 5.41. The van der Waals surface area contributed by atoms with Gasteiger partial charge in [-0.25, -0.2) is 0 Å². The summed E-state index contributed by atoms with van der Waals surface area (Å²) in [5, 5.41) is 4.05. The monoisotopic (exact) mass is 266 g/mol. The van der Waals surface area contributed by atoms with Crippen molar-refractivity contribution in [3.63, 3.8) is 0 Å². The van der Waals surface area contributed by atoms with Crippen LogP contribution in [-0.4, -0.2) is 31.4 Å². The Morgan fingerprint density at radius 2 is 2.00 bits per heavy atom. The van der Waals surface area contributed by atoms with Crippen molar-refractivity contribution in [3.8, 4) is 0 Å². The lowest BCUT2D eigenvalue weighted by Gasteiger charge is -2.24. The molecule has 0 heterocycles. The second-order valence-electron chi connectivity index (χ2n) is 3.86. The Morgan fingerprint density at radius 3 is 2.61 bits per heavy atom. The molecule has 4 heteroatoms. The van der Waals surface area contributed by atoms with E-state index in [4.69, 9.17) is 17.0 Å². The molecule has 3 nitrogen and oxygen atoms in total. The van der Waals surface area contributed by atoms with Crippen molar-refractivity contribution in [3.05, 3.63) is 30.3 Å². The van der Waals surface area contributed by atoms with E-state index in [-0.39, 0.29) is 0 Å². The normalized spacial score (nSPS) is 10.1. The minimum atomic E-state index is 0.773. The molecule has 0 spiro atoms. The number of hydrogen-bond acceptors (Lipinski definition) is 2. The van der Waals surface area contributed by atoms with Crippen molar-refractivity contribution >= 4 is 23.0 Å². The fraction of sp³-hybridized carbons (Fsp3) is 0.500. The summed E-state index contributed by atoms with van der Waals surface area (Å²) in [6.45, 7) is 7.37. The Kier molecular flexibility index (Phi) is 7.37. The number of para-hydroxylation sites is 1. The van der Waals surface area contributed by atoms with Gasteiger partial charge in [-0.05, 0) is 44.6 Å². The van der Waals surface area contributed by atoms with Crippen LogP contribution in [-0.2, 0) is 4.74 Å². The van der Waals surface area contributed by atoms with Crippen LogP contribution in [0.1, 0.15) is 20.3 Å². The number of hydrogen-bond donors (Lipinski definition) is 1. The average molecular weight is 266 g/mol. The maximum Gasteiger partial charge on any atom is 0.173 e. The average Bonchev–Trinajstić information content (AvgIpc) is 2.40. The third-order valence-corrected chi connectivity index (χ3v) is 2.94. The molecule has 1 aromatic rings. The lowest BCUT2D eigenvalue weighted by atomic mass is 10.3. The fourth-order valence-corrected chi connectivity index (χ4v) is 2.00. The van der Waals surface area contributed by atoms with E-state index >= 15 is 0 Å². The highest BCUT2D eigenvalue weighted by Gasteiger charge is 2.08. The van der Waals surface area contributed by atoms with Gasteiger partial charge in [0.25, 0.3) is 0 Å². The number of ether oxygens (including phenoxy) is 1. The number of nitrogens with zero attached hydrogens (tertiary/aromatic N) is 1. The summed E-state index contributed by atoms with van der Waals surface area (Å²) in [5.41, 5.74) is 1.13. The lowest BCUT2D eigenvalue weighted by Crippen LogP contribution is -2.40. The SMILES string of the molecule is CCOCCCNC(=S)N(CC)c1ccccc1. The third kappa shape index (κ3) is 5.02. The van der Waals surface area contributed by atoms with Crippen molar-refractivity contribution in [2.45, 2.75) is 20.3 Å². The number of benzene rings is 1. The maximum atomic E-state index is 5.41. The maximum absolute atomic E-state index is 5.41. The first-order valence-electron chi connectivity index (χ1n) is 6.47. The third-order valence-electron chi connectivity index (χ3n) is 2.58. The molecule has 0 amide bonds. The van der Waals surface area contributed by atoms with Gasteiger partial charge in [0.15, 0.2) is 5.11 Å². The molecule has 100 valence electrons. The van der Waals surface area contributed by atoms with E-state index in [9.17, 15) is 0 Å². The zero-order valence-electron chi connectivity index (χ0n) is 11.2. The highest BCUT2D eigenvalue weighted by Crippen LogP contribution is 2.12. The molecule has 0 radical (unpaired) electrons. The molecule has 0 aromatic heterocycles. The topological polar surface area (TPSA) is 24.5 Å². The zero-order chi connectivity index (χ0) is 13.2. The predicted octanol–water partition coefficient (Wildman–Crippen LogP) is 2.81. The molecule has 0 unspecified atom stereocenters. The van der Waals surface area contributed by atoms with Crippen LogP contribution in [0, 0.1) is 0 Å². The second kappa shape index (κ2) is 8.89. The fourth-order valence-electron chi connectivity index (χ4n) is 1.66. The van der Waals surface area contributed by atoms with Crippen LogP contribution in [0.25, 0.3) is 0 Å². The Bertz CT molecular complexity index is 343. The van der Waals surface area contributed by atoms with Crippen LogP contribution in [0.4, 0.5) is 5.69 Å². The summed E-state index contributed by atoms with van der Waals surface area (Å²) in [6.07, 6.45) is 0.973. The largest absolute Gasteiger partial charge is 0.382 e. The van der Waals surface area contributed by atoms with Crippen LogP contribution in [0.5, 0.6) is 0 Å². The summed E-state index contributed by atoms with van der Waals surface area (Å²) in [5.74, 6) is 0. The highest BCUT2D eigenvalue weighted by atomic mass is 32.1. The van der Waals surface area contributed by atoms with Crippen LogP contribution >= 0.6 is 12.2 Å². The van der Waals surface area contributed by atoms with Gasteiger partial charge in [0, 0.05) is 32.0 Å². The first-order chi connectivity index (χ1) is 8.79. The molecule has 0 aliphatic heterocycles. The van der Waals surface area contributed by atoms with E-state index in [1.807, 2.05) is 25.1 Å². The number of thiocarbonyl (C=S) groups is 1. The molecule has 0 saturated heterocycles. The van der Waals surface area contributed by atoms with Crippen LogP contribution < -0.4 is 10.2 Å². The lowest BCUT2D eigenvalue weighted by molar-refractivity contribution is 0.146. The molecule has 0 fully saturated rings. The van der Waals surface area contributed by atoms with Gasteiger partial charge in [-0.3, -0.25) is 0 Å². The molecule has 0 bridgehead atoms. The molecule has 1 rings (SSSR count). The zero-order valence-corrected chi connectivity index (χ0v) is 12.0. The van der Waals surface area contributed by atoms with E-state index < -0.39 is 0 Å². The Balaban J connectivity index is 2.39. The van der Waals surface area contributed by atoms with Gasteiger partial charge in [0.2, 0.25) is 0 Å². The van der Waals surface area contributed by atoms with E-state index in [0.29, 0.717) is 0 Å². The summed E-state index contributed by atoms with van der Waals surface area (Å²) < 4.78 is 5.29. The molecule has 0 atom stereocenters. The van der Waals surface area contributed by atoms with Crippen LogP contribution in [0.15, 0.2) is 30.3 Å². The van der Waals surface area contributed by atoms with Crippen molar-refractivity contribution in [2.24, 2.45) is 0 Å². The van der Waals surface area contributed by atoms with E-state index in [1.165, 1.54) is 0 Å². The quantitative estimate of drug-likeness (QED) is 0.606. The minimum absolute atomic E-state index is 0.773. The Morgan fingerprint density at radius 1 is 1.28 bits per heavy atom. The van der Waals surface area contributed by atoms with Gasteiger partial charge in [0.1, 0.15) is 0 Å². The Labute approximate surface area is 115 Å². The van der Waals surface area contributed by atoms with E-state index in [2.05, 4.69) is 29.3 Å². The summed E-state index contributed by atoms with van der Waals surface area (Å²) in [6, 6.07) is 10.2. The van der Waals surface area contributed by atoms with Crippen molar-refractivity contribution in [2.75, 3.05) is 31.2 Å². The van der Waals surface area contributed by atoms with Gasteiger partial charge in [-0.1, -0.05) is 18.2 Å². The van der Waals surface area contributed by atoms with Gasteiger partial charge in [-0.15, -0.1) is 0 Å². The predicted molar refractivity (Wildman–Crippen MR) is 81.2 cm³/mol. The molecule has 1 N–H and O–H groups in total. The number of anilines is 1. The summed E-state index contributed by atoms with van der Waals surface area (Å²) in [7, 11) is 0. The molecule has 18 heavy (non-hydrogen) atoms. The number of rotatable bonds is 7. The van der Waals surface area contributed by atoms with Crippen molar-refractivity contribution < 1.29 is 4.74 Å². The summed E-state index contributed by atoms with van der Waals surface area (Å²) in [4.78, 5) is 2.09. The number of nitrogens with one attached hydrogen (secondary N) is 1. The van der Waals surface area contributed by atoms with Gasteiger partial charge in [-0.2, -0.15) is 0 Å². The van der Waals surface area contributed by atoms with E-state index in [1.54, 1.807) is 0 Å². The second-order valence-corrected chi connectivity index (χ2v) is 4.25. The van der Waals surface area contributed by atoms with Crippen LogP contribution in [0.2, 0.25) is 0 Å². The first-order valence-corrected chi connectivity index (χ1v) is 6.88. The minimum Gasteiger partial charge on any atom is -0.382 e. The van der Waals surface area contributed by atoms with Crippen LogP contribution in [0.3, 0.4) is 0 Å². The van der Waals surface area contributed by atoms with Gasteiger partial charge < -0.3 is 15.0 Å². The van der Waals surface area contributed by atoms with Crippen molar-refractivity contribution in [1.82, 2.24) is 5.32 Å². The molecule has 0 saturated carbocycles. The molecule has 0 aliphatic carbocycles. The molecular weight excluding hydrogens is 244 g/mol. The molecular formula is C14H22N2OS. The van der Waals surface area contributed by atoms with E-state index in [0.717, 1.165) is 43.5 Å². The molecule has 1 aromatic carbocycles. The molecule has 0 aliphatic rings. The van der Waals surface area contributed by atoms with Gasteiger partial charge in [0.05, 0.1) is 0 Å². The smallest absolute Gasteiger partial charge is 0.173 e. The van der Waals surface area contributed by atoms with Gasteiger partial charge >= 0.3 is 0 Å². The highest BCUT2D eigenvalue weighted by molar-refractivity contribution is 7.80.